The van der Waals surface area contributed by atoms with Gasteiger partial charge >= 0.3 is 0 Å². The lowest BCUT2D eigenvalue weighted by Gasteiger charge is -2.07. The highest BCUT2D eigenvalue weighted by atomic mass is 35.5. The summed E-state index contributed by atoms with van der Waals surface area (Å²) in [5.41, 5.74) is 0.838. The van der Waals surface area contributed by atoms with E-state index in [4.69, 9.17) is 23.2 Å². The molecule has 0 unspecified atom stereocenters. The van der Waals surface area contributed by atoms with Crippen LogP contribution in [0.3, 0.4) is 0 Å². The molecule has 0 bridgehead atoms. The lowest BCUT2D eigenvalue weighted by Crippen LogP contribution is -2.31. The van der Waals surface area contributed by atoms with Crippen molar-refractivity contribution in [3.63, 3.8) is 0 Å². The first kappa shape index (κ1) is 19.4. The molecule has 1 N–H and O–H groups in total. The van der Waals surface area contributed by atoms with Gasteiger partial charge in [0.25, 0.3) is 15.9 Å². The van der Waals surface area contributed by atoms with Gasteiger partial charge in [0.1, 0.15) is 16.4 Å². The van der Waals surface area contributed by atoms with Crippen molar-refractivity contribution in [3.05, 3.63) is 81.9 Å². The molecule has 140 valence electrons. The molecule has 27 heavy (non-hydrogen) atoms. The van der Waals surface area contributed by atoms with E-state index < -0.39 is 15.9 Å². The third-order valence-electron chi connectivity index (χ3n) is 3.86. The first-order valence-electron chi connectivity index (χ1n) is 7.87. The Morgan fingerprint density at radius 1 is 1.07 bits per heavy atom. The molecule has 6 nitrogen and oxygen atoms in total. The number of halogens is 2. The number of carbonyl (C=O) groups is 1. The molecule has 1 heterocycles. The van der Waals surface area contributed by atoms with Crippen LogP contribution in [0.25, 0.3) is 0 Å². The van der Waals surface area contributed by atoms with E-state index in [0.29, 0.717) is 17.4 Å². The van der Waals surface area contributed by atoms with Crippen LogP contribution in [0.2, 0.25) is 10.0 Å². The van der Waals surface area contributed by atoms with E-state index in [1.54, 1.807) is 23.6 Å². The summed E-state index contributed by atoms with van der Waals surface area (Å²) in [7, 11) is -4.11. The number of aromatic nitrogens is 2. The van der Waals surface area contributed by atoms with Gasteiger partial charge in [-0.25, -0.2) is 18.1 Å². The minimum Gasteiger partial charge on any atom is -0.330 e. The van der Waals surface area contributed by atoms with E-state index in [1.807, 2.05) is 22.9 Å². The molecule has 9 heteroatoms. The van der Waals surface area contributed by atoms with Crippen molar-refractivity contribution in [2.45, 2.75) is 18.4 Å². The van der Waals surface area contributed by atoms with E-state index in [2.05, 4.69) is 4.98 Å². The maximum absolute atomic E-state index is 12.4. The number of nitrogens with zero attached hydrogens (tertiary/aromatic N) is 2. The summed E-state index contributed by atoms with van der Waals surface area (Å²) < 4.78 is 28.5. The number of carbonyl (C=O) groups excluding carboxylic acids is 1. The van der Waals surface area contributed by atoms with Crippen molar-refractivity contribution < 1.29 is 13.2 Å². The Hall–Kier alpha value is -2.35. The zero-order valence-corrected chi connectivity index (χ0v) is 16.5. The van der Waals surface area contributed by atoms with Crippen LogP contribution in [0, 0.1) is 6.92 Å². The maximum atomic E-state index is 12.4. The molecule has 0 aliphatic rings. The molecule has 0 radical (unpaired) electrons. The Morgan fingerprint density at radius 3 is 2.37 bits per heavy atom. The summed E-state index contributed by atoms with van der Waals surface area (Å²) in [5.74, 6) is -0.286. The van der Waals surface area contributed by atoms with Gasteiger partial charge in [-0.1, -0.05) is 53.5 Å². The van der Waals surface area contributed by atoms with Gasteiger partial charge in [-0.2, -0.15) is 0 Å². The number of sulfonamides is 1. The van der Waals surface area contributed by atoms with Crippen molar-refractivity contribution in [1.82, 2.24) is 14.3 Å². The number of aryl methyl sites for hydroxylation is 1. The highest BCUT2D eigenvalue weighted by Gasteiger charge is 2.23. The second-order valence-electron chi connectivity index (χ2n) is 5.76. The summed E-state index contributed by atoms with van der Waals surface area (Å²) in [6.07, 6.45) is 1.48. The first-order valence-corrected chi connectivity index (χ1v) is 10.1. The number of hydrogen-bond donors (Lipinski definition) is 1. The third kappa shape index (κ3) is 4.32. The van der Waals surface area contributed by atoms with Gasteiger partial charge in [-0.15, -0.1) is 0 Å². The van der Waals surface area contributed by atoms with Crippen molar-refractivity contribution >= 4 is 39.1 Å². The second-order valence-corrected chi connectivity index (χ2v) is 8.22. The Morgan fingerprint density at radius 2 is 1.70 bits per heavy atom. The van der Waals surface area contributed by atoms with E-state index in [0.717, 1.165) is 5.56 Å². The molecule has 0 spiro atoms. The van der Waals surface area contributed by atoms with Crippen molar-refractivity contribution in [1.29, 1.82) is 0 Å². The lowest BCUT2D eigenvalue weighted by atomic mass is 10.2. The predicted molar refractivity (Wildman–Crippen MR) is 104 cm³/mol. The van der Waals surface area contributed by atoms with Crippen LogP contribution in [-0.2, 0) is 16.6 Å². The molecule has 0 saturated carbocycles. The monoisotopic (exact) mass is 423 g/mol. The van der Waals surface area contributed by atoms with Crippen LogP contribution in [-0.4, -0.2) is 23.9 Å². The number of hydrogen-bond acceptors (Lipinski definition) is 4. The zero-order valence-electron chi connectivity index (χ0n) is 14.2. The Bertz CT molecular complexity index is 1110. The smallest absolute Gasteiger partial charge is 0.285 e. The van der Waals surface area contributed by atoms with Gasteiger partial charge in [0.15, 0.2) is 0 Å². The number of amides is 1. The Balaban J connectivity index is 1.82. The molecular weight excluding hydrogens is 409 g/mol. The van der Waals surface area contributed by atoms with Crippen molar-refractivity contribution in [2.75, 3.05) is 0 Å². The number of imidazole rings is 1. The largest absolute Gasteiger partial charge is 0.330 e. The van der Waals surface area contributed by atoms with Crippen LogP contribution >= 0.6 is 23.2 Å². The molecule has 0 fully saturated rings. The van der Waals surface area contributed by atoms with E-state index in [9.17, 15) is 13.2 Å². The number of benzene rings is 2. The van der Waals surface area contributed by atoms with Gasteiger partial charge in [-0.05, 0) is 30.7 Å². The minimum absolute atomic E-state index is 0.0183. The van der Waals surface area contributed by atoms with Crippen LogP contribution < -0.4 is 4.72 Å². The van der Waals surface area contributed by atoms with Gasteiger partial charge in [0.2, 0.25) is 0 Å². The molecule has 3 aromatic rings. The SMILES string of the molecule is Cc1nc(C(=O)NS(=O)(=O)c2ccccc2Cl)cn1Cc1ccccc1Cl. The minimum atomic E-state index is -4.11. The standard InChI is InChI=1S/C18H15Cl2N3O3S/c1-12-21-16(11-23(12)10-13-6-2-3-7-14(13)19)18(24)22-27(25,26)17-9-5-4-8-15(17)20/h2-9,11H,10H2,1H3,(H,22,24). The Labute approximate surface area is 166 Å². The molecule has 2 aromatic carbocycles. The van der Waals surface area contributed by atoms with E-state index in [1.165, 1.54) is 24.4 Å². The second kappa shape index (κ2) is 7.72. The zero-order chi connectivity index (χ0) is 19.6. The molecule has 3 rings (SSSR count). The molecule has 1 amide bonds. The fraction of sp³-hybridized carbons (Fsp3) is 0.111. The van der Waals surface area contributed by atoms with Crippen molar-refractivity contribution in [3.8, 4) is 0 Å². The van der Waals surface area contributed by atoms with Crippen LogP contribution in [0.4, 0.5) is 0 Å². The summed E-state index contributed by atoms with van der Waals surface area (Å²) >= 11 is 12.1. The molecule has 0 atom stereocenters. The quantitative estimate of drug-likeness (QED) is 0.678. The summed E-state index contributed by atoms with van der Waals surface area (Å²) in [4.78, 5) is 16.4. The first-order chi connectivity index (χ1) is 12.8. The Kier molecular flexibility index (Phi) is 5.55. The fourth-order valence-electron chi connectivity index (χ4n) is 2.48. The van der Waals surface area contributed by atoms with Gasteiger partial charge in [0, 0.05) is 11.2 Å². The highest BCUT2D eigenvalue weighted by Crippen LogP contribution is 2.21. The molecular formula is C18H15Cl2N3O3S. The average Bonchev–Trinajstić information content (AvgIpc) is 2.98. The topological polar surface area (TPSA) is 81.1 Å². The number of nitrogens with one attached hydrogen (secondary N) is 1. The normalized spacial score (nSPS) is 11.4. The molecule has 0 aliphatic carbocycles. The third-order valence-corrected chi connectivity index (χ3v) is 6.06. The fourth-order valence-corrected chi connectivity index (χ4v) is 4.16. The van der Waals surface area contributed by atoms with Gasteiger partial charge in [-0.3, -0.25) is 4.79 Å². The number of rotatable bonds is 5. The van der Waals surface area contributed by atoms with Crippen LogP contribution in [0.1, 0.15) is 21.9 Å². The molecule has 0 saturated heterocycles. The van der Waals surface area contributed by atoms with Crippen LogP contribution in [0.5, 0.6) is 0 Å². The maximum Gasteiger partial charge on any atom is 0.285 e. The van der Waals surface area contributed by atoms with Crippen LogP contribution in [0.15, 0.2) is 59.6 Å². The summed E-state index contributed by atoms with van der Waals surface area (Å²) in [6.45, 7) is 2.12. The lowest BCUT2D eigenvalue weighted by molar-refractivity contribution is 0.0977. The molecule has 0 aliphatic heterocycles. The van der Waals surface area contributed by atoms with Crippen molar-refractivity contribution in [2.24, 2.45) is 0 Å². The van der Waals surface area contributed by atoms with E-state index >= 15 is 0 Å². The predicted octanol–water partition coefficient (Wildman–Crippen LogP) is 3.67. The van der Waals surface area contributed by atoms with E-state index in [-0.39, 0.29) is 15.6 Å². The highest BCUT2D eigenvalue weighted by molar-refractivity contribution is 7.90. The average molecular weight is 424 g/mol. The summed E-state index contributed by atoms with van der Waals surface area (Å²) in [5, 5.41) is 0.621. The van der Waals surface area contributed by atoms with Gasteiger partial charge < -0.3 is 4.57 Å². The molecule has 1 aromatic heterocycles. The summed E-state index contributed by atoms with van der Waals surface area (Å²) in [6, 6.07) is 13.2. The van der Waals surface area contributed by atoms with Gasteiger partial charge in [0.05, 0.1) is 11.6 Å².